The Kier molecular flexibility index (Phi) is 5.34. The van der Waals surface area contributed by atoms with E-state index in [4.69, 9.17) is 0 Å². The summed E-state index contributed by atoms with van der Waals surface area (Å²) in [5.74, 6) is 0.0925. The van der Waals surface area contributed by atoms with Gasteiger partial charge in [0.25, 0.3) is 5.91 Å². The molecule has 1 amide bonds. The number of rotatable bonds is 5. The Morgan fingerprint density at radius 3 is 2.75 bits per heavy atom. The number of nitrogens with zero attached hydrogens (tertiary/aromatic N) is 4. The van der Waals surface area contributed by atoms with Crippen LogP contribution in [0.2, 0.25) is 0 Å². The molecular formula is C19H18BrFN6O. The van der Waals surface area contributed by atoms with Crippen molar-refractivity contribution in [1.82, 2.24) is 25.1 Å². The van der Waals surface area contributed by atoms with Crippen molar-refractivity contribution < 1.29 is 9.18 Å². The Bertz CT molecular complexity index is 959. The number of halogens is 2. The van der Waals surface area contributed by atoms with Crippen molar-refractivity contribution in [3.63, 3.8) is 0 Å². The fourth-order valence-corrected chi connectivity index (χ4v) is 3.57. The van der Waals surface area contributed by atoms with Gasteiger partial charge in [0, 0.05) is 37.1 Å². The summed E-state index contributed by atoms with van der Waals surface area (Å²) in [4.78, 5) is 23.4. The second-order valence-corrected chi connectivity index (χ2v) is 7.48. The van der Waals surface area contributed by atoms with Crippen LogP contribution in [0.3, 0.4) is 0 Å². The van der Waals surface area contributed by atoms with Crippen LogP contribution in [0.4, 0.5) is 10.3 Å². The van der Waals surface area contributed by atoms with Gasteiger partial charge in [0.1, 0.15) is 11.5 Å². The maximum atomic E-state index is 13.2. The Labute approximate surface area is 169 Å². The van der Waals surface area contributed by atoms with Gasteiger partial charge in [-0.1, -0.05) is 12.1 Å². The lowest BCUT2D eigenvalue weighted by atomic mass is 10.1. The van der Waals surface area contributed by atoms with Crippen LogP contribution < -0.4 is 5.32 Å². The van der Waals surface area contributed by atoms with E-state index in [0.29, 0.717) is 30.3 Å². The van der Waals surface area contributed by atoms with Gasteiger partial charge in [-0.05, 0) is 46.5 Å². The van der Waals surface area contributed by atoms with E-state index in [9.17, 15) is 9.18 Å². The molecular weight excluding hydrogens is 427 g/mol. The van der Waals surface area contributed by atoms with E-state index in [1.807, 2.05) is 4.90 Å². The molecule has 1 atom stereocenters. The normalized spacial score (nSPS) is 16.4. The molecule has 0 saturated carbocycles. The molecule has 9 heteroatoms. The lowest BCUT2D eigenvalue weighted by molar-refractivity contribution is 0.0738. The second-order valence-electron chi connectivity index (χ2n) is 6.57. The van der Waals surface area contributed by atoms with Crippen LogP contribution in [0.25, 0.3) is 11.1 Å². The number of aromatic amines is 1. The molecule has 1 fully saturated rings. The Hall–Kier alpha value is -2.81. The summed E-state index contributed by atoms with van der Waals surface area (Å²) >= 11 is 3.31. The average Bonchev–Trinajstić information content (AvgIpc) is 3.37. The van der Waals surface area contributed by atoms with Gasteiger partial charge in [-0.3, -0.25) is 9.89 Å². The molecule has 0 unspecified atom stereocenters. The highest BCUT2D eigenvalue weighted by Gasteiger charge is 2.31. The van der Waals surface area contributed by atoms with Crippen LogP contribution in [0.15, 0.2) is 47.3 Å². The van der Waals surface area contributed by atoms with E-state index in [1.54, 1.807) is 30.7 Å². The summed E-state index contributed by atoms with van der Waals surface area (Å²) in [5, 5.41) is 10.0. The molecule has 1 aliphatic heterocycles. The highest BCUT2D eigenvalue weighted by Crippen LogP contribution is 2.26. The van der Waals surface area contributed by atoms with E-state index >= 15 is 0 Å². The number of hydrogen-bond acceptors (Lipinski definition) is 5. The van der Waals surface area contributed by atoms with Crippen LogP contribution in [-0.4, -0.2) is 50.1 Å². The molecule has 1 aliphatic rings. The molecule has 0 bridgehead atoms. The maximum absolute atomic E-state index is 13.2. The molecule has 1 saturated heterocycles. The highest BCUT2D eigenvalue weighted by molar-refractivity contribution is 9.10. The number of hydrogen-bond donors (Lipinski definition) is 2. The van der Waals surface area contributed by atoms with Crippen LogP contribution in [0.5, 0.6) is 0 Å². The van der Waals surface area contributed by atoms with Crippen LogP contribution in [0.1, 0.15) is 23.3 Å². The standard InChI is InChI=1S/C19H18BrFN6O/c20-13-8-22-19(23-9-13)24-10-15-2-1-7-27(15)18(28)17-16(11-25-26-17)12-3-5-14(21)6-4-12/h3-6,8-9,11,15H,1-2,7,10H2,(H,25,26)(H,22,23,24)/t15-/m0/s1. The van der Waals surface area contributed by atoms with Gasteiger partial charge in [-0.15, -0.1) is 0 Å². The zero-order valence-electron chi connectivity index (χ0n) is 14.9. The Morgan fingerprint density at radius 2 is 2.00 bits per heavy atom. The van der Waals surface area contributed by atoms with Gasteiger partial charge in [-0.25, -0.2) is 14.4 Å². The van der Waals surface area contributed by atoms with E-state index in [2.05, 4.69) is 41.4 Å². The number of nitrogens with one attached hydrogen (secondary N) is 2. The molecule has 2 N–H and O–H groups in total. The monoisotopic (exact) mass is 444 g/mol. The van der Waals surface area contributed by atoms with Crippen molar-refractivity contribution in [2.24, 2.45) is 0 Å². The number of likely N-dealkylation sites (tertiary alicyclic amines) is 1. The summed E-state index contributed by atoms with van der Waals surface area (Å²) in [6.45, 7) is 1.24. The summed E-state index contributed by atoms with van der Waals surface area (Å²) < 4.78 is 14.0. The number of benzene rings is 1. The first-order valence-electron chi connectivity index (χ1n) is 8.93. The second kappa shape index (κ2) is 8.05. The van der Waals surface area contributed by atoms with Crippen molar-refractivity contribution in [3.8, 4) is 11.1 Å². The lowest BCUT2D eigenvalue weighted by Gasteiger charge is -2.25. The Morgan fingerprint density at radius 1 is 1.25 bits per heavy atom. The molecule has 0 aliphatic carbocycles. The third kappa shape index (κ3) is 3.89. The fourth-order valence-electron chi connectivity index (χ4n) is 3.37. The van der Waals surface area contributed by atoms with Crippen molar-refractivity contribution in [3.05, 3.63) is 58.8 Å². The smallest absolute Gasteiger partial charge is 0.272 e. The quantitative estimate of drug-likeness (QED) is 0.628. The molecule has 144 valence electrons. The van der Waals surface area contributed by atoms with Crippen molar-refractivity contribution in [2.75, 3.05) is 18.4 Å². The van der Waals surface area contributed by atoms with Crippen LogP contribution in [-0.2, 0) is 0 Å². The predicted octanol–water partition coefficient (Wildman–Crippen LogP) is 3.49. The van der Waals surface area contributed by atoms with E-state index in [1.165, 1.54) is 12.1 Å². The lowest BCUT2D eigenvalue weighted by Crippen LogP contribution is -2.40. The van der Waals surface area contributed by atoms with E-state index in [0.717, 1.165) is 22.9 Å². The number of aromatic nitrogens is 4. The number of carbonyl (C=O) groups is 1. The molecule has 0 radical (unpaired) electrons. The average molecular weight is 445 g/mol. The van der Waals surface area contributed by atoms with E-state index < -0.39 is 0 Å². The minimum Gasteiger partial charge on any atom is -0.352 e. The summed E-state index contributed by atoms with van der Waals surface area (Å²) in [7, 11) is 0. The Balaban J connectivity index is 1.49. The topological polar surface area (TPSA) is 86.8 Å². The minimum atomic E-state index is -0.319. The molecule has 2 aromatic heterocycles. The SMILES string of the molecule is O=C(c1[nH]ncc1-c1ccc(F)cc1)N1CCC[C@H]1CNc1ncc(Br)cn1. The fraction of sp³-hybridized carbons (Fsp3) is 0.263. The number of amides is 1. The highest BCUT2D eigenvalue weighted by atomic mass is 79.9. The molecule has 1 aromatic carbocycles. The summed E-state index contributed by atoms with van der Waals surface area (Å²) in [6, 6.07) is 6.06. The minimum absolute atomic E-state index is 0.0316. The molecule has 7 nitrogen and oxygen atoms in total. The first kappa shape index (κ1) is 18.5. The van der Waals surface area contributed by atoms with Gasteiger partial charge in [0.05, 0.1) is 10.7 Å². The zero-order valence-corrected chi connectivity index (χ0v) is 16.5. The van der Waals surface area contributed by atoms with Gasteiger partial charge in [-0.2, -0.15) is 5.10 Å². The molecule has 28 heavy (non-hydrogen) atoms. The van der Waals surface area contributed by atoms with E-state index in [-0.39, 0.29) is 17.8 Å². The molecule has 3 heterocycles. The number of carbonyl (C=O) groups excluding carboxylic acids is 1. The molecule has 4 rings (SSSR count). The summed E-state index contributed by atoms with van der Waals surface area (Å²) in [5.41, 5.74) is 1.83. The van der Waals surface area contributed by atoms with Crippen molar-refractivity contribution >= 4 is 27.8 Å². The van der Waals surface area contributed by atoms with Gasteiger partial charge in [0.2, 0.25) is 5.95 Å². The van der Waals surface area contributed by atoms with Gasteiger partial charge < -0.3 is 10.2 Å². The van der Waals surface area contributed by atoms with Crippen LogP contribution in [0, 0.1) is 5.82 Å². The number of H-pyrrole nitrogens is 1. The van der Waals surface area contributed by atoms with Crippen molar-refractivity contribution in [2.45, 2.75) is 18.9 Å². The van der Waals surface area contributed by atoms with Crippen molar-refractivity contribution in [1.29, 1.82) is 0 Å². The maximum Gasteiger partial charge on any atom is 0.272 e. The largest absolute Gasteiger partial charge is 0.352 e. The zero-order chi connectivity index (χ0) is 19.5. The molecule has 3 aromatic rings. The summed E-state index contributed by atoms with van der Waals surface area (Å²) in [6.07, 6.45) is 6.77. The van der Waals surface area contributed by atoms with Gasteiger partial charge >= 0.3 is 0 Å². The molecule has 0 spiro atoms. The van der Waals surface area contributed by atoms with Crippen LogP contribution >= 0.6 is 15.9 Å². The third-order valence-corrected chi connectivity index (χ3v) is 5.17. The van der Waals surface area contributed by atoms with Gasteiger partial charge in [0.15, 0.2) is 0 Å². The first-order chi connectivity index (χ1) is 13.6. The third-order valence-electron chi connectivity index (χ3n) is 4.76. The predicted molar refractivity (Wildman–Crippen MR) is 106 cm³/mol. The first-order valence-corrected chi connectivity index (χ1v) is 9.73. The number of anilines is 1.